The van der Waals surface area contributed by atoms with Crippen LogP contribution in [0.25, 0.3) is 0 Å². The number of benzene rings is 1. The Hall–Kier alpha value is -0.540. The van der Waals surface area contributed by atoms with E-state index >= 15 is 0 Å². The molecule has 0 heterocycles. The van der Waals surface area contributed by atoms with E-state index in [2.05, 4.69) is 53.3 Å². The molecule has 0 spiro atoms. The van der Waals surface area contributed by atoms with Crippen LogP contribution in [0.15, 0.2) is 22.7 Å². The summed E-state index contributed by atoms with van der Waals surface area (Å²) in [4.78, 5) is 0. The molecule has 0 saturated heterocycles. The summed E-state index contributed by atoms with van der Waals surface area (Å²) < 4.78 is 7.38. The standard InChI is InChI=1S/C17H26BrNO/c1-3-10-19-12-14-11-15(18)6-9-17(14)20-16-7-4-13(2)5-8-16/h6,9,11,13,16,19H,3-5,7-8,10,12H2,1-2H3. The molecule has 1 fully saturated rings. The Morgan fingerprint density at radius 1 is 1.25 bits per heavy atom. The van der Waals surface area contributed by atoms with E-state index in [0.717, 1.165) is 35.7 Å². The third-order valence-electron chi connectivity index (χ3n) is 4.02. The average Bonchev–Trinajstić information content (AvgIpc) is 2.44. The summed E-state index contributed by atoms with van der Waals surface area (Å²) in [5.41, 5.74) is 1.26. The van der Waals surface area contributed by atoms with E-state index < -0.39 is 0 Å². The molecule has 20 heavy (non-hydrogen) atoms. The van der Waals surface area contributed by atoms with Crippen molar-refractivity contribution < 1.29 is 4.74 Å². The second kappa shape index (κ2) is 8.04. The van der Waals surface area contributed by atoms with Gasteiger partial charge in [0.25, 0.3) is 0 Å². The fourth-order valence-electron chi connectivity index (χ4n) is 2.73. The maximum Gasteiger partial charge on any atom is 0.124 e. The Balaban J connectivity index is 1.98. The predicted molar refractivity (Wildman–Crippen MR) is 88.2 cm³/mol. The maximum absolute atomic E-state index is 6.26. The minimum Gasteiger partial charge on any atom is -0.490 e. The van der Waals surface area contributed by atoms with E-state index in [1.807, 2.05) is 0 Å². The normalized spacial score (nSPS) is 22.8. The first kappa shape index (κ1) is 15.8. The van der Waals surface area contributed by atoms with Gasteiger partial charge < -0.3 is 10.1 Å². The van der Waals surface area contributed by atoms with Crippen LogP contribution < -0.4 is 10.1 Å². The molecule has 0 aromatic heterocycles. The summed E-state index contributed by atoms with van der Waals surface area (Å²) >= 11 is 3.56. The molecule has 0 amide bonds. The monoisotopic (exact) mass is 339 g/mol. The molecule has 1 saturated carbocycles. The molecule has 0 atom stereocenters. The van der Waals surface area contributed by atoms with Crippen molar-refractivity contribution in [3.63, 3.8) is 0 Å². The highest BCUT2D eigenvalue weighted by molar-refractivity contribution is 9.10. The van der Waals surface area contributed by atoms with Crippen LogP contribution in [0.1, 0.15) is 51.5 Å². The zero-order valence-electron chi connectivity index (χ0n) is 12.6. The van der Waals surface area contributed by atoms with Crippen molar-refractivity contribution in [2.24, 2.45) is 5.92 Å². The molecule has 1 aromatic rings. The molecule has 1 aliphatic carbocycles. The van der Waals surface area contributed by atoms with E-state index in [4.69, 9.17) is 4.74 Å². The van der Waals surface area contributed by atoms with Crippen LogP contribution in [0.4, 0.5) is 0 Å². The Morgan fingerprint density at radius 3 is 2.70 bits per heavy atom. The Morgan fingerprint density at radius 2 is 2.00 bits per heavy atom. The van der Waals surface area contributed by atoms with Gasteiger partial charge in [-0.1, -0.05) is 29.8 Å². The van der Waals surface area contributed by atoms with Crippen molar-refractivity contribution in [3.8, 4) is 5.75 Å². The molecule has 2 nitrogen and oxygen atoms in total. The smallest absolute Gasteiger partial charge is 0.124 e. The van der Waals surface area contributed by atoms with Gasteiger partial charge >= 0.3 is 0 Å². The molecular formula is C17H26BrNO. The Bertz CT molecular complexity index is 413. The minimum absolute atomic E-state index is 0.400. The van der Waals surface area contributed by atoms with Gasteiger partial charge in [0.2, 0.25) is 0 Å². The number of hydrogen-bond donors (Lipinski definition) is 1. The lowest BCUT2D eigenvalue weighted by atomic mass is 9.89. The number of rotatable bonds is 6. The van der Waals surface area contributed by atoms with Crippen molar-refractivity contribution in [2.75, 3.05) is 6.54 Å². The van der Waals surface area contributed by atoms with Crippen LogP contribution in [-0.4, -0.2) is 12.6 Å². The van der Waals surface area contributed by atoms with Crippen LogP contribution in [-0.2, 0) is 6.54 Å². The molecule has 112 valence electrons. The van der Waals surface area contributed by atoms with Gasteiger partial charge in [0.15, 0.2) is 0 Å². The first-order chi connectivity index (χ1) is 9.69. The number of halogens is 1. The first-order valence-electron chi connectivity index (χ1n) is 7.84. The molecule has 3 heteroatoms. The molecule has 1 aromatic carbocycles. The van der Waals surface area contributed by atoms with Gasteiger partial charge in [-0.05, 0) is 62.8 Å². The van der Waals surface area contributed by atoms with Crippen molar-refractivity contribution in [1.82, 2.24) is 5.32 Å². The summed E-state index contributed by atoms with van der Waals surface area (Å²) in [5, 5.41) is 3.46. The molecule has 1 aliphatic rings. The van der Waals surface area contributed by atoms with Crippen LogP contribution in [0.2, 0.25) is 0 Å². The second-order valence-electron chi connectivity index (χ2n) is 5.93. The van der Waals surface area contributed by atoms with Gasteiger partial charge in [-0.25, -0.2) is 0 Å². The number of hydrogen-bond acceptors (Lipinski definition) is 2. The van der Waals surface area contributed by atoms with Gasteiger partial charge in [-0.15, -0.1) is 0 Å². The van der Waals surface area contributed by atoms with Gasteiger partial charge in [0.1, 0.15) is 5.75 Å². The molecule has 0 radical (unpaired) electrons. The largest absolute Gasteiger partial charge is 0.490 e. The molecule has 2 rings (SSSR count). The van der Waals surface area contributed by atoms with E-state index in [1.165, 1.54) is 31.2 Å². The van der Waals surface area contributed by atoms with Crippen LogP contribution in [0.5, 0.6) is 5.75 Å². The fraction of sp³-hybridized carbons (Fsp3) is 0.647. The highest BCUT2D eigenvalue weighted by Gasteiger charge is 2.20. The van der Waals surface area contributed by atoms with Crippen molar-refractivity contribution >= 4 is 15.9 Å². The topological polar surface area (TPSA) is 21.3 Å². The van der Waals surface area contributed by atoms with Gasteiger partial charge in [0.05, 0.1) is 6.10 Å². The third-order valence-corrected chi connectivity index (χ3v) is 4.51. The Kier molecular flexibility index (Phi) is 6.37. The van der Waals surface area contributed by atoms with Gasteiger partial charge in [-0.3, -0.25) is 0 Å². The molecule has 0 unspecified atom stereocenters. The molecule has 1 N–H and O–H groups in total. The maximum atomic E-state index is 6.26. The fourth-order valence-corrected chi connectivity index (χ4v) is 3.14. The highest BCUT2D eigenvalue weighted by atomic mass is 79.9. The second-order valence-corrected chi connectivity index (χ2v) is 6.84. The van der Waals surface area contributed by atoms with Crippen LogP contribution in [0, 0.1) is 5.92 Å². The summed E-state index contributed by atoms with van der Waals surface area (Å²) in [6, 6.07) is 6.35. The summed E-state index contributed by atoms with van der Waals surface area (Å²) in [6.45, 7) is 6.46. The lowest BCUT2D eigenvalue weighted by molar-refractivity contribution is 0.134. The predicted octanol–water partition coefficient (Wildman–Crippen LogP) is 4.91. The van der Waals surface area contributed by atoms with Crippen molar-refractivity contribution in [2.45, 2.75) is 58.6 Å². The number of ether oxygens (including phenoxy) is 1. The van der Waals surface area contributed by atoms with E-state index in [-0.39, 0.29) is 0 Å². The lowest BCUT2D eigenvalue weighted by Crippen LogP contribution is -2.24. The van der Waals surface area contributed by atoms with Crippen LogP contribution >= 0.6 is 15.9 Å². The average molecular weight is 340 g/mol. The summed E-state index contributed by atoms with van der Waals surface area (Å²) in [5.74, 6) is 1.92. The lowest BCUT2D eigenvalue weighted by Gasteiger charge is -2.27. The third kappa shape index (κ3) is 4.78. The van der Waals surface area contributed by atoms with Gasteiger partial charge in [0, 0.05) is 16.6 Å². The van der Waals surface area contributed by atoms with E-state index in [0.29, 0.717) is 6.10 Å². The summed E-state index contributed by atoms with van der Waals surface area (Å²) in [7, 11) is 0. The SMILES string of the molecule is CCCNCc1cc(Br)ccc1OC1CCC(C)CC1. The molecular weight excluding hydrogens is 314 g/mol. The highest BCUT2D eigenvalue weighted by Crippen LogP contribution is 2.30. The Labute approximate surface area is 131 Å². The van der Waals surface area contributed by atoms with Crippen molar-refractivity contribution in [1.29, 1.82) is 0 Å². The zero-order chi connectivity index (χ0) is 14.4. The molecule has 0 bridgehead atoms. The van der Waals surface area contributed by atoms with Crippen LogP contribution in [0.3, 0.4) is 0 Å². The summed E-state index contributed by atoms with van der Waals surface area (Å²) in [6.07, 6.45) is 6.54. The van der Waals surface area contributed by atoms with Crippen molar-refractivity contribution in [3.05, 3.63) is 28.2 Å². The van der Waals surface area contributed by atoms with Gasteiger partial charge in [-0.2, -0.15) is 0 Å². The quantitative estimate of drug-likeness (QED) is 0.743. The van der Waals surface area contributed by atoms with E-state index in [1.54, 1.807) is 0 Å². The molecule has 0 aliphatic heterocycles. The zero-order valence-corrected chi connectivity index (χ0v) is 14.2. The van der Waals surface area contributed by atoms with E-state index in [9.17, 15) is 0 Å². The minimum atomic E-state index is 0.400. The number of nitrogens with one attached hydrogen (secondary N) is 1. The first-order valence-corrected chi connectivity index (χ1v) is 8.64.